The van der Waals surface area contributed by atoms with Crippen LogP contribution in [0.5, 0.6) is 0 Å². The normalized spacial score (nSPS) is 27.2. The Morgan fingerprint density at radius 1 is 1.25 bits per heavy atom. The zero-order valence-electron chi connectivity index (χ0n) is 13.8. The molecule has 0 aromatic heterocycles. The average Bonchev–Trinajstić information content (AvgIpc) is 2.80. The number of nitrogen functional groups attached to an aromatic ring is 1. The van der Waals surface area contributed by atoms with Crippen molar-refractivity contribution < 1.29 is 8.42 Å². The first kappa shape index (κ1) is 17.6. The molecule has 3 N–H and O–H groups in total. The van der Waals surface area contributed by atoms with Gasteiger partial charge in [0, 0.05) is 11.7 Å². The van der Waals surface area contributed by atoms with Gasteiger partial charge in [-0.2, -0.15) is 12.6 Å². The lowest BCUT2D eigenvalue weighted by atomic mass is 9.93. The highest BCUT2D eigenvalue weighted by molar-refractivity contribution is 7.93. The van der Waals surface area contributed by atoms with Gasteiger partial charge in [0.2, 0.25) is 10.0 Å². The molecule has 4 nitrogen and oxygen atoms in total. The van der Waals surface area contributed by atoms with E-state index in [1.54, 1.807) is 19.1 Å². The molecule has 0 amide bonds. The molecule has 130 valence electrons. The van der Waals surface area contributed by atoms with E-state index in [1.807, 2.05) is 12.1 Å². The number of nitrogens with one attached hydrogen (secondary N) is 1. The molecule has 3 rings (SSSR count). The highest BCUT2D eigenvalue weighted by Crippen LogP contribution is 2.41. The molecule has 2 aliphatic carbocycles. The molecule has 0 aliphatic heterocycles. The Hall–Kier alpha value is -1.24. The maximum absolute atomic E-state index is 12.6. The third-order valence-electron chi connectivity index (χ3n) is 5.25. The van der Waals surface area contributed by atoms with Crippen LogP contribution in [0.1, 0.15) is 30.9 Å². The van der Waals surface area contributed by atoms with Crippen LogP contribution in [0.15, 0.2) is 40.7 Å². The topological polar surface area (TPSA) is 72.2 Å². The van der Waals surface area contributed by atoms with E-state index in [0.717, 1.165) is 31.4 Å². The van der Waals surface area contributed by atoms with Gasteiger partial charge < -0.3 is 5.73 Å². The summed E-state index contributed by atoms with van der Waals surface area (Å²) in [6, 6.07) is 6.07. The molecule has 1 fully saturated rings. The molecule has 0 saturated heterocycles. The lowest BCUT2D eigenvalue weighted by molar-refractivity contribution is 0.387. The number of nitrogens with two attached hydrogens (primary N) is 1. The van der Waals surface area contributed by atoms with E-state index in [4.69, 9.17) is 5.73 Å². The standard InChI is InChI=1S/C18H24N2O2S2/c1-12(3-2-8-23)24(21,22)20-18-14-4-5-15(18)10-16-11-17(19)7-6-13(16)9-14/h2-3,6-8,11,14-15,18,20,23H,4-5,9-10,19H2,1H3/b8-2-,12-3+. The van der Waals surface area contributed by atoms with E-state index in [9.17, 15) is 8.42 Å². The van der Waals surface area contributed by atoms with Gasteiger partial charge in [-0.25, -0.2) is 13.1 Å². The number of thiol groups is 1. The molecule has 24 heavy (non-hydrogen) atoms. The second kappa shape index (κ2) is 6.94. The number of sulfonamides is 1. The Kier molecular flexibility index (Phi) is 5.08. The monoisotopic (exact) mass is 364 g/mol. The van der Waals surface area contributed by atoms with E-state index in [0.29, 0.717) is 16.7 Å². The van der Waals surface area contributed by atoms with Crippen LogP contribution >= 0.6 is 12.6 Å². The second-order valence-corrected chi connectivity index (χ2v) is 8.98. The van der Waals surface area contributed by atoms with Crippen LogP contribution in [0, 0.1) is 11.8 Å². The molecular weight excluding hydrogens is 340 g/mol. The fraction of sp³-hybridized carbons (Fsp3) is 0.444. The van der Waals surface area contributed by atoms with Crippen LogP contribution in [0.25, 0.3) is 0 Å². The largest absolute Gasteiger partial charge is 0.399 e. The van der Waals surface area contributed by atoms with Crippen molar-refractivity contribution in [3.8, 4) is 0 Å². The Morgan fingerprint density at radius 3 is 2.58 bits per heavy atom. The molecular formula is C18H24N2O2S2. The summed E-state index contributed by atoms with van der Waals surface area (Å²) in [4.78, 5) is 0.318. The van der Waals surface area contributed by atoms with Crippen molar-refractivity contribution in [1.29, 1.82) is 0 Å². The summed E-state index contributed by atoms with van der Waals surface area (Å²) in [7, 11) is -3.47. The molecule has 0 radical (unpaired) electrons. The predicted octanol–water partition coefficient (Wildman–Crippen LogP) is 3.03. The molecule has 1 aromatic rings. The van der Waals surface area contributed by atoms with E-state index in [2.05, 4.69) is 23.4 Å². The van der Waals surface area contributed by atoms with Crippen LogP contribution in [0.4, 0.5) is 5.69 Å². The zero-order chi connectivity index (χ0) is 17.3. The van der Waals surface area contributed by atoms with E-state index in [1.165, 1.54) is 16.5 Å². The highest BCUT2D eigenvalue weighted by atomic mass is 32.2. The van der Waals surface area contributed by atoms with Crippen LogP contribution in [-0.4, -0.2) is 14.5 Å². The van der Waals surface area contributed by atoms with E-state index < -0.39 is 10.0 Å². The summed E-state index contributed by atoms with van der Waals surface area (Å²) in [5, 5.41) is 1.52. The minimum atomic E-state index is -3.47. The maximum Gasteiger partial charge on any atom is 0.236 e. The minimum Gasteiger partial charge on any atom is -0.399 e. The fourth-order valence-electron chi connectivity index (χ4n) is 3.96. The first-order valence-corrected chi connectivity index (χ1v) is 10.3. The number of hydrogen-bond acceptors (Lipinski definition) is 4. The van der Waals surface area contributed by atoms with Crippen molar-refractivity contribution in [2.24, 2.45) is 11.8 Å². The Balaban J connectivity index is 1.84. The SMILES string of the molecule is C/C(=C\C=C/S)S(=O)(=O)NC1C2CCC1Cc1cc(N)ccc1C2. The summed E-state index contributed by atoms with van der Waals surface area (Å²) in [5.74, 6) is 0.684. The number of rotatable bonds is 4. The quantitative estimate of drug-likeness (QED) is 0.437. The Morgan fingerprint density at radius 2 is 1.92 bits per heavy atom. The molecule has 2 bridgehead atoms. The summed E-state index contributed by atoms with van der Waals surface area (Å²) in [6.45, 7) is 1.62. The Labute approximate surface area is 149 Å². The maximum atomic E-state index is 12.6. The van der Waals surface area contributed by atoms with E-state index in [-0.39, 0.29) is 6.04 Å². The zero-order valence-corrected chi connectivity index (χ0v) is 15.5. The van der Waals surface area contributed by atoms with Crippen LogP contribution in [0.2, 0.25) is 0 Å². The van der Waals surface area contributed by atoms with Gasteiger partial charge in [-0.3, -0.25) is 0 Å². The van der Waals surface area contributed by atoms with Gasteiger partial charge in [0.1, 0.15) is 0 Å². The highest BCUT2D eigenvalue weighted by Gasteiger charge is 2.41. The summed E-state index contributed by atoms with van der Waals surface area (Å²) >= 11 is 3.96. The first-order valence-electron chi connectivity index (χ1n) is 8.28. The fourth-order valence-corrected chi connectivity index (χ4v) is 5.24. The molecule has 3 atom stereocenters. The van der Waals surface area contributed by atoms with Crippen LogP contribution < -0.4 is 10.5 Å². The van der Waals surface area contributed by atoms with Gasteiger partial charge in [-0.1, -0.05) is 12.1 Å². The van der Waals surface area contributed by atoms with E-state index >= 15 is 0 Å². The molecule has 6 heteroatoms. The lowest BCUT2D eigenvalue weighted by Gasteiger charge is -2.23. The van der Waals surface area contributed by atoms with Crippen molar-refractivity contribution in [2.75, 3.05) is 5.73 Å². The third-order valence-corrected chi connectivity index (χ3v) is 6.99. The molecule has 1 saturated carbocycles. The third kappa shape index (κ3) is 3.55. The summed E-state index contributed by atoms with van der Waals surface area (Å²) in [6.07, 6.45) is 7.13. The number of allylic oxidation sites excluding steroid dienone is 3. The molecule has 2 aliphatic rings. The van der Waals surface area contributed by atoms with Crippen LogP contribution in [-0.2, 0) is 22.9 Å². The summed E-state index contributed by atoms with van der Waals surface area (Å²) in [5.41, 5.74) is 9.29. The van der Waals surface area contributed by atoms with Crippen molar-refractivity contribution in [1.82, 2.24) is 4.72 Å². The minimum absolute atomic E-state index is 0.00745. The van der Waals surface area contributed by atoms with Crippen molar-refractivity contribution in [3.63, 3.8) is 0 Å². The number of fused-ring (bicyclic) bond motifs is 3. The van der Waals surface area contributed by atoms with Crippen molar-refractivity contribution >= 4 is 28.3 Å². The van der Waals surface area contributed by atoms with Crippen LogP contribution in [0.3, 0.4) is 0 Å². The van der Waals surface area contributed by atoms with Gasteiger partial charge in [-0.05, 0) is 79.2 Å². The number of anilines is 1. The van der Waals surface area contributed by atoms with Crippen molar-refractivity contribution in [2.45, 2.75) is 38.6 Å². The van der Waals surface area contributed by atoms with Gasteiger partial charge in [0.15, 0.2) is 0 Å². The molecule has 3 unspecified atom stereocenters. The second-order valence-electron chi connectivity index (χ2n) is 6.80. The summed E-state index contributed by atoms with van der Waals surface area (Å²) < 4.78 is 28.2. The van der Waals surface area contributed by atoms with Gasteiger partial charge in [-0.15, -0.1) is 0 Å². The molecule has 0 spiro atoms. The molecule has 0 heterocycles. The Bertz CT molecular complexity index is 784. The van der Waals surface area contributed by atoms with Gasteiger partial charge in [0.25, 0.3) is 0 Å². The van der Waals surface area contributed by atoms with Crippen molar-refractivity contribution in [3.05, 3.63) is 51.8 Å². The predicted molar refractivity (Wildman–Crippen MR) is 102 cm³/mol. The van der Waals surface area contributed by atoms with Gasteiger partial charge in [0.05, 0.1) is 4.91 Å². The lowest BCUT2D eigenvalue weighted by Crippen LogP contribution is -2.42. The average molecular weight is 365 g/mol. The van der Waals surface area contributed by atoms with Gasteiger partial charge >= 0.3 is 0 Å². The molecule has 1 aromatic carbocycles. The smallest absolute Gasteiger partial charge is 0.236 e. The number of hydrogen-bond donors (Lipinski definition) is 3. The number of benzene rings is 1. The first-order chi connectivity index (χ1) is 11.4.